The molecule has 0 aromatic heterocycles. The molecule has 17 heavy (non-hydrogen) atoms. The van der Waals surface area contributed by atoms with Crippen molar-refractivity contribution in [1.82, 2.24) is 0 Å². The molecule has 0 radical (unpaired) electrons. The van der Waals surface area contributed by atoms with E-state index in [9.17, 15) is 8.78 Å². The van der Waals surface area contributed by atoms with Crippen molar-refractivity contribution in [3.05, 3.63) is 29.8 Å². The maximum Gasteiger partial charge on any atom is 0.200 e. The standard InChI is InChI=1S/C12H15F2NO2/c1-2-16-12-8(15)6-10(12)17-9-5-3-4-7(13)11(9)14/h3-5,8,10,12H,2,6,15H2,1H3. The highest BCUT2D eigenvalue weighted by molar-refractivity contribution is 5.26. The third-order valence-electron chi connectivity index (χ3n) is 2.85. The van der Waals surface area contributed by atoms with E-state index in [4.69, 9.17) is 15.2 Å². The number of ether oxygens (including phenoxy) is 2. The molecule has 3 unspecified atom stereocenters. The van der Waals surface area contributed by atoms with Crippen LogP contribution in [0.4, 0.5) is 8.78 Å². The summed E-state index contributed by atoms with van der Waals surface area (Å²) in [5, 5.41) is 0. The molecule has 1 saturated carbocycles. The van der Waals surface area contributed by atoms with Crippen molar-refractivity contribution in [3.63, 3.8) is 0 Å². The van der Waals surface area contributed by atoms with Crippen LogP contribution in [0.2, 0.25) is 0 Å². The van der Waals surface area contributed by atoms with Gasteiger partial charge < -0.3 is 15.2 Å². The highest BCUT2D eigenvalue weighted by atomic mass is 19.2. The van der Waals surface area contributed by atoms with Crippen LogP contribution in [0.5, 0.6) is 5.75 Å². The summed E-state index contributed by atoms with van der Waals surface area (Å²) in [6, 6.07) is 3.75. The molecule has 0 amide bonds. The van der Waals surface area contributed by atoms with Gasteiger partial charge in [-0.3, -0.25) is 0 Å². The van der Waals surface area contributed by atoms with E-state index in [1.807, 2.05) is 6.92 Å². The summed E-state index contributed by atoms with van der Waals surface area (Å²) in [4.78, 5) is 0. The third-order valence-corrected chi connectivity index (χ3v) is 2.85. The first-order valence-electron chi connectivity index (χ1n) is 5.61. The summed E-state index contributed by atoms with van der Waals surface area (Å²) in [6.07, 6.45) is 0.0320. The van der Waals surface area contributed by atoms with Crippen LogP contribution < -0.4 is 10.5 Å². The average Bonchev–Trinajstić information content (AvgIpc) is 2.31. The van der Waals surface area contributed by atoms with Gasteiger partial charge in [0.2, 0.25) is 5.82 Å². The van der Waals surface area contributed by atoms with Gasteiger partial charge in [0.25, 0.3) is 0 Å². The van der Waals surface area contributed by atoms with Gasteiger partial charge in [-0.25, -0.2) is 4.39 Å². The highest BCUT2D eigenvalue weighted by Gasteiger charge is 2.41. The van der Waals surface area contributed by atoms with E-state index >= 15 is 0 Å². The topological polar surface area (TPSA) is 44.5 Å². The molecule has 1 aliphatic carbocycles. The predicted molar refractivity (Wildman–Crippen MR) is 58.8 cm³/mol. The Morgan fingerprint density at radius 2 is 2.18 bits per heavy atom. The van der Waals surface area contributed by atoms with Crippen molar-refractivity contribution in [3.8, 4) is 5.75 Å². The summed E-state index contributed by atoms with van der Waals surface area (Å²) in [5.41, 5.74) is 5.75. The molecular weight excluding hydrogens is 228 g/mol. The molecule has 0 bridgehead atoms. The monoisotopic (exact) mass is 243 g/mol. The molecule has 1 aromatic rings. The molecular formula is C12H15F2NO2. The van der Waals surface area contributed by atoms with Crippen molar-refractivity contribution >= 4 is 0 Å². The average molecular weight is 243 g/mol. The number of nitrogens with two attached hydrogens (primary N) is 1. The summed E-state index contributed by atoms with van der Waals surface area (Å²) in [5.74, 6) is -1.98. The fourth-order valence-corrected chi connectivity index (χ4v) is 1.89. The highest BCUT2D eigenvalue weighted by Crippen LogP contribution is 2.29. The molecule has 1 fully saturated rings. The molecule has 94 valence electrons. The van der Waals surface area contributed by atoms with Gasteiger partial charge in [-0.15, -0.1) is 0 Å². The first kappa shape index (κ1) is 12.3. The maximum atomic E-state index is 13.4. The Kier molecular flexibility index (Phi) is 3.59. The molecule has 3 nitrogen and oxygen atoms in total. The van der Waals surface area contributed by atoms with E-state index in [1.54, 1.807) is 0 Å². The Bertz CT molecular complexity index is 400. The van der Waals surface area contributed by atoms with Crippen LogP contribution in [0.3, 0.4) is 0 Å². The minimum atomic E-state index is -0.969. The fourth-order valence-electron chi connectivity index (χ4n) is 1.89. The largest absolute Gasteiger partial charge is 0.484 e. The maximum absolute atomic E-state index is 13.4. The van der Waals surface area contributed by atoms with E-state index in [-0.39, 0.29) is 24.0 Å². The van der Waals surface area contributed by atoms with Gasteiger partial charge in [-0.1, -0.05) is 6.07 Å². The first-order chi connectivity index (χ1) is 8.13. The molecule has 0 heterocycles. The SMILES string of the molecule is CCOC1C(N)CC1Oc1cccc(F)c1F. The second kappa shape index (κ2) is 4.98. The lowest BCUT2D eigenvalue weighted by Crippen LogP contribution is -2.59. The Labute approximate surface area is 98.5 Å². The minimum absolute atomic E-state index is 0.0911. The van der Waals surface area contributed by atoms with Gasteiger partial charge in [0.15, 0.2) is 11.6 Å². The summed E-state index contributed by atoms with van der Waals surface area (Å²) in [6.45, 7) is 2.37. The Balaban J connectivity index is 2.04. The van der Waals surface area contributed by atoms with Gasteiger partial charge in [-0.2, -0.15) is 4.39 Å². The van der Waals surface area contributed by atoms with Crippen LogP contribution in [-0.4, -0.2) is 24.9 Å². The lowest BCUT2D eigenvalue weighted by molar-refractivity contribution is -0.0956. The summed E-state index contributed by atoms with van der Waals surface area (Å²) < 4.78 is 37.1. The van der Waals surface area contributed by atoms with Crippen LogP contribution in [0, 0.1) is 11.6 Å². The van der Waals surface area contributed by atoms with E-state index in [1.165, 1.54) is 12.1 Å². The summed E-state index contributed by atoms with van der Waals surface area (Å²) >= 11 is 0. The van der Waals surface area contributed by atoms with Crippen molar-refractivity contribution in [2.75, 3.05) is 6.61 Å². The molecule has 1 aromatic carbocycles. The van der Waals surface area contributed by atoms with E-state index in [0.717, 1.165) is 6.07 Å². The van der Waals surface area contributed by atoms with Crippen molar-refractivity contribution in [2.24, 2.45) is 5.73 Å². The molecule has 2 rings (SSSR count). The molecule has 3 atom stereocenters. The number of hydrogen-bond acceptors (Lipinski definition) is 3. The zero-order valence-corrected chi connectivity index (χ0v) is 9.53. The first-order valence-corrected chi connectivity index (χ1v) is 5.61. The minimum Gasteiger partial charge on any atom is -0.484 e. The quantitative estimate of drug-likeness (QED) is 0.877. The van der Waals surface area contributed by atoms with Crippen LogP contribution in [-0.2, 0) is 4.74 Å². The second-order valence-corrected chi connectivity index (χ2v) is 4.03. The van der Waals surface area contributed by atoms with Crippen molar-refractivity contribution < 1.29 is 18.3 Å². The Morgan fingerprint density at radius 1 is 1.41 bits per heavy atom. The Morgan fingerprint density at radius 3 is 2.82 bits per heavy atom. The fraction of sp³-hybridized carbons (Fsp3) is 0.500. The molecule has 0 aliphatic heterocycles. The zero-order valence-electron chi connectivity index (χ0n) is 9.53. The smallest absolute Gasteiger partial charge is 0.200 e. The Hall–Kier alpha value is -1.20. The van der Waals surface area contributed by atoms with Crippen molar-refractivity contribution in [1.29, 1.82) is 0 Å². The van der Waals surface area contributed by atoms with Crippen LogP contribution in [0.25, 0.3) is 0 Å². The number of rotatable bonds is 4. The van der Waals surface area contributed by atoms with Gasteiger partial charge in [0, 0.05) is 19.1 Å². The molecule has 1 aliphatic rings. The van der Waals surface area contributed by atoms with Gasteiger partial charge in [0.05, 0.1) is 0 Å². The van der Waals surface area contributed by atoms with Gasteiger partial charge in [0.1, 0.15) is 12.2 Å². The summed E-state index contributed by atoms with van der Waals surface area (Å²) in [7, 11) is 0. The van der Waals surface area contributed by atoms with Crippen molar-refractivity contribution in [2.45, 2.75) is 31.6 Å². The number of hydrogen-bond donors (Lipinski definition) is 1. The molecule has 2 N–H and O–H groups in total. The molecule has 5 heteroatoms. The van der Waals surface area contributed by atoms with Crippen LogP contribution in [0.15, 0.2) is 18.2 Å². The molecule has 0 saturated heterocycles. The van der Waals surface area contributed by atoms with E-state index in [2.05, 4.69) is 0 Å². The van der Waals surface area contributed by atoms with Crippen LogP contribution in [0.1, 0.15) is 13.3 Å². The van der Waals surface area contributed by atoms with E-state index in [0.29, 0.717) is 13.0 Å². The predicted octanol–water partition coefficient (Wildman–Crippen LogP) is 1.85. The molecule has 0 spiro atoms. The normalized spacial score (nSPS) is 27.6. The number of benzene rings is 1. The number of halogens is 2. The lowest BCUT2D eigenvalue weighted by atomic mass is 9.86. The third kappa shape index (κ3) is 2.40. The van der Waals surface area contributed by atoms with E-state index < -0.39 is 11.6 Å². The van der Waals surface area contributed by atoms with Crippen LogP contribution >= 0.6 is 0 Å². The zero-order chi connectivity index (χ0) is 12.4. The second-order valence-electron chi connectivity index (χ2n) is 4.03. The lowest BCUT2D eigenvalue weighted by Gasteiger charge is -2.41. The van der Waals surface area contributed by atoms with Gasteiger partial charge >= 0.3 is 0 Å². The van der Waals surface area contributed by atoms with Gasteiger partial charge in [-0.05, 0) is 19.1 Å².